The highest BCUT2D eigenvalue weighted by atomic mass is 32.2. The van der Waals surface area contributed by atoms with E-state index in [4.69, 9.17) is 0 Å². The second-order valence-corrected chi connectivity index (χ2v) is 6.87. The summed E-state index contributed by atoms with van der Waals surface area (Å²) in [6.45, 7) is 1.98. The first-order valence-electron chi connectivity index (χ1n) is 6.55. The van der Waals surface area contributed by atoms with Gasteiger partial charge < -0.3 is 4.90 Å². The van der Waals surface area contributed by atoms with E-state index in [9.17, 15) is 26.4 Å². The highest BCUT2D eigenvalue weighted by Crippen LogP contribution is 2.31. The van der Waals surface area contributed by atoms with Gasteiger partial charge in [-0.05, 0) is 18.2 Å². The molecule has 0 aromatic heterocycles. The predicted octanol–water partition coefficient (Wildman–Crippen LogP) is 1.56. The van der Waals surface area contributed by atoms with Crippen molar-refractivity contribution in [2.75, 3.05) is 26.2 Å². The lowest BCUT2D eigenvalue weighted by molar-refractivity contribution is -0.137. The van der Waals surface area contributed by atoms with Gasteiger partial charge in [-0.15, -0.1) is 0 Å². The van der Waals surface area contributed by atoms with Crippen LogP contribution >= 0.6 is 0 Å². The summed E-state index contributed by atoms with van der Waals surface area (Å²) in [4.78, 5) is 12.3. The van der Waals surface area contributed by atoms with Crippen molar-refractivity contribution in [3.8, 4) is 0 Å². The third-order valence-electron chi connectivity index (χ3n) is 3.48. The van der Waals surface area contributed by atoms with Crippen molar-refractivity contribution in [1.29, 1.82) is 0 Å². The van der Waals surface area contributed by atoms with E-state index in [1.807, 2.05) is 0 Å². The van der Waals surface area contributed by atoms with Crippen molar-refractivity contribution in [2.24, 2.45) is 0 Å². The molecule has 9 heteroatoms. The lowest BCUT2D eigenvalue weighted by Gasteiger charge is -2.33. The van der Waals surface area contributed by atoms with Gasteiger partial charge in [0.05, 0.1) is 10.5 Å². The number of alkyl halides is 3. The molecule has 5 nitrogen and oxygen atoms in total. The van der Waals surface area contributed by atoms with Crippen molar-refractivity contribution in [2.45, 2.75) is 18.0 Å². The SMILES string of the molecule is CC(=O)N1CCN(S(=O)(=O)c2cccc(C(F)(F)F)c2)CC1. The number of rotatable bonds is 2. The Hall–Kier alpha value is -1.61. The second kappa shape index (κ2) is 5.88. The molecule has 1 aromatic carbocycles. The first kappa shape index (κ1) is 16.8. The summed E-state index contributed by atoms with van der Waals surface area (Å²) < 4.78 is 64.0. The lowest BCUT2D eigenvalue weighted by Crippen LogP contribution is -2.49. The topological polar surface area (TPSA) is 57.7 Å². The first-order chi connectivity index (χ1) is 10.1. The molecule has 0 aliphatic carbocycles. The van der Waals surface area contributed by atoms with Crippen LogP contribution in [0.5, 0.6) is 0 Å². The van der Waals surface area contributed by atoms with E-state index in [-0.39, 0.29) is 32.1 Å². The molecule has 1 amide bonds. The van der Waals surface area contributed by atoms with Crippen LogP contribution in [-0.4, -0.2) is 49.7 Å². The van der Waals surface area contributed by atoms with Gasteiger partial charge in [0.2, 0.25) is 15.9 Å². The largest absolute Gasteiger partial charge is 0.416 e. The fraction of sp³-hybridized carbons (Fsp3) is 0.462. The van der Waals surface area contributed by atoms with E-state index in [1.54, 1.807) is 0 Å². The summed E-state index contributed by atoms with van der Waals surface area (Å²) in [5.74, 6) is -0.156. The highest BCUT2D eigenvalue weighted by Gasteiger charge is 2.34. The number of halogens is 3. The van der Waals surface area contributed by atoms with Crippen LogP contribution in [0.4, 0.5) is 13.2 Å². The zero-order valence-electron chi connectivity index (χ0n) is 11.8. The number of carbonyl (C=O) groups is 1. The van der Waals surface area contributed by atoms with Gasteiger partial charge in [-0.25, -0.2) is 8.42 Å². The Morgan fingerprint density at radius 3 is 2.23 bits per heavy atom. The van der Waals surface area contributed by atoms with Crippen LogP contribution in [0.1, 0.15) is 12.5 Å². The Morgan fingerprint density at radius 2 is 1.73 bits per heavy atom. The molecule has 22 heavy (non-hydrogen) atoms. The number of nitrogens with zero attached hydrogens (tertiary/aromatic N) is 2. The zero-order valence-corrected chi connectivity index (χ0v) is 12.6. The average Bonchev–Trinajstić information content (AvgIpc) is 2.46. The van der Waals surface area contributed by atoms with E-state index in [0.29, 0.717) is 6.07 Å². The molecule has 1 aromatic rings. The summed E-state index contributed by atoms with van der Waals surface area (Å²) in [5, 5.41) is 0. The Balaban J connectivity index is 2.23. The van der Waals surface area contributed by atoms with Gasteiger partial charge in [0.15, 0.2) is 0 Å². The van der Waals surface area contributed by atoms with Gasteiger partial charge in [0.25, 0.3) is 0 Å². The number of piperazine rings is 1. The van der Waals surface area contributed by atoms with Crippen LogP contribution < -0.4 is 0 Å². The standard InChI is InChI=1S/C13H15F3N2O3S/c1-10(19)17-5-7-18(8-6-17)22(20,21)12-4-2-3-11(9-12)13(14,15)16/h2-4,9H,5-8H2,1H3. The third kappa shape index (κ3) is 3.41. The first-order valence-corrected chi connectivity index (χ1v) is 7.99. The number of hydrogen-bond donors (Lipinski definition) is 0. The predicted molar refractivity (Wildman–Crippen MR) is 72.5 cm³/mol. The van der Waals surface area contributed by atoms with E-state index >= 15 is 0 Å². The molecule has 1 aliphatic heterocycles. The second-order valence-electron chi connectivity index (χ2n) is 4.94. The molecule has 1 saturated heterocycles. The Bertz CT molecular complexity index is 665. The van der Waals surface area contributed by atoms with Crippen molar-refractivity contribution in [1.82, 2.24) is 9.21 Å². The van der Waals surface area contributed by atoms with Gasteiger partial charge in [0, 0.05) is 33.1 Å². The molecule has 1 fully saturated rings. The van der Waals surface area contributed by atoms with Crippen molar-refractivity contribution in [3.05, 3.63) is 29.8 Å². The number of hydrogen-bond acceptors (Lipinski definition) is 3. The number of amides is 1. The van der Waals surface area contributed by atoms with Gasteiger partial charge >= 0.3 is 6.18 Å². The van der Waals surface area contributed by atoms with Crippen LogP contribution in [0.2, 0.25) is 0 Å². The molecular weight excluding hydrogens is 321 g/mol. The molecule has 122 valence electrons. The van der Waals surface area contributed by atoms with Crippen LogP contribution in [0.3, 0.4) is 0 Å². The average molecular weight is 336 g/mol. The van der Waals surface area contributed by atoms with Crippen molar-refractivity contribution < 1.29 is 26.4 Å². The monoisotopic (exact) mass is 336 g/mol. The molecule has 0 N–H and O–H groups in total. The highest BCUT2D eigenvalue weighted by molar-refractivity contribution is 7.89. The maximum absolute atomic E-state index is 12.7. The Labute approximate surface area is 126 Å². The molecule has 0 spiro atoms. The van der Waals surface area contributed by atoms with Crippen LogP contribution in [0, 0.1) is 0 Å². The summed E-state index contributed by atoms with van der Waals surface area (Å²) in [6, 6.07) is 3.67. The number of carbonyl (C=O) groups excluding carboxylic acids is 1. The molecule has 0 bridgehead atoms. The summed E-state index contributed by atoms with van der Waals surface area (Å²) in [7, 11) is -4.00. The van der Waals surface area contributed by atoms with Gasteiger partial charge in [-0.3, -0.25) is 4.79 Å². The molecule has 2 rings (SSSR count). The quantitative estimate of drug-likeness (QED) is 0.823. The molecule has 0 radical (unpaired) electrons. The minimum atomic E-state index is -4.60. The normalized spacial score (nSPS) is 17.5. The molecule has 0 unspecified atom stereocenters. The Kier molecular flexibility index (Phi) is 4.48. The third-order valence-corrected chi connectivity index (χ3v) is 5.38. The van der Waals surface area contributed by atoms with Crippen molar-refractivity contribution in [3.63, 3.8) is 0 Å². The van der Waals surface area contributed by atoms with E-state index in [0.717, 1.165) is 22.5 Å². The number of sulfonamides is 1. The Morgan fingerprint density at radius 1 is 1.14 bits per heavy atom. The summed E-state index contributed by atoms with van der Waals surface area (Å²) >= 11 is 0. The fourth-order valence-corrected chi connectivity index (χ4v) is 3.69. The lowest BCUT2D eigenvalue weighted by atomic mass is 10.2. The maximum atomic E-state index is 12.7. The zero-order chi connectivity index (χ0) is 16.5. The molecule has 0 saturated carbocycles. The van der Waals surface area contributed by atoms with E-state index < -0.39 is 26.7 Å². The van der Waals surface area contributed by atoms with Gasteiger partial charge in [-0.2, -0.15) is 17.5 Å². The molecular formula is C13H15F3N2O3S. The maximum Gasteiger partial charge on any atom is 0.416 e. The van der Waals surface area contributed by atoms with Gasteiger partial charge in [0.1, 0.15) is 0 Å². The summed E-state index contributed by atoms with van der Waals surface area (Å²) in [6.07, 6.45) is -4.60. The van der Waals surface area contributed by atoms with Crippen LogP contribution in [0.25, 0.3) is 0 Å². The van der Waals surface area contributed by atoms with Crippen molar-refractivity contribution >= 4 is 15.9 Å². The molecule has 1 heterocycles. The van der Waals surface area contributed by atoms with Crippen LogP contribution in [0.15, 0.2) is 29.2 Å². The van der Waals surface area contributed by atoms with Gasteiger partial charge in [-0.1, -0.05) is 6.07 Å². The molecule has 1 aliphatic rings. The number of benzene rings is 1. The van der Waals surface area contributed by atoms with E-state index in [1.165, 1.54) is 11.8 Å². The summed E-state index contributed by atoms with van der Waals surface area (Å²) in [5.41, 5.74) is -1.00. The molecule has 0 atom stereocenters. The fourth-order valence-electron chi connectivity index (χ4n) is 2.23. The van der Waals surface area contributed by atoms with E-state index in [2.05, 4.69) is 0 Å². The van der Waals surface area contributed by atoms with Crippen LogP contribution in [-0.2, 0) is 21.0 Å². The minimum Gasteiger partial charge on any atom is -0.340 e. The minimum absolute atomic E-state index is 0.0676. The smallest absolute Gasteiger partial charge is 0.340 e.